The van der Waals surface area contributed by atoms with E-state index < -0.39 is 0 Å². The SMILES string of the molecule is CC1CCC(C(C)SC(C)C)CC1. The molecule has 1 heteroatoms. The van der Waals surface area contributed by atoms with Gasteiger partial charge in [-0.15, -0.1) is 0 Å². The van der Waals surface area contributed by atoms with E-state index in [0.717, 1.165) is 22.3 Å². The van der Waals surface area contributed by atoms with Crippen LogP contribution >= 0.6 is 11.8 Å². The molecule has 0 aliphatic heterocycles. The van der Waals surface area contributed by atoms with Gasteiger partial charge in [0, 0.05) is 5.25 Å². The molecule has 1 aliphatic rings. The molecular formula is C12H24S. The minimum absolute atomic E-state index is 0.800. The smallest absolute Gasteiger partial charge is 0.00495 e. The average Bonchev–Trinajstić information content (AvgIpc) is 2.04. The van der Waals surface area contributed by atoms with Gasteiger partial charge in [-0.2, -0.15) is 11.8 Å². The van der Waals surface area contributed by atoms with Crippen molar-refractivity contribution < 1.29 is 0 Å². The summed E-state index contributed by atoms with van der Waals surface area (Å²) in [4.78, 5) is 0. The van der Waals surface area contributed by atoms with E-state index in [4.69, 9.17) is 0 Å². The van der Waals surface area contributed by atoms with Gasteiger partial charge in [-0.05, 0) is 29.9 Å². The van der Waals surface area contributed by atoms with E-state index in [9.17, 15) is 0 Å². The van der Waals surface area contributed by atoms with Crippen LogP contribution in [0, 0.1) is 11.8 Å². The van der Waals surface area contributed by atoms with Crippen LogP contribution in [0.15, 0.2) is 0 Å². The highest BCUT2D eigenvalue weighted by Crippen LogP contribution is 2.36. The lowest BCUT2D eigenvalue weighted by atomic mass is 9.81. The zero-order valence-corrected chi connectivity index (χ0v) is 10.4. The van der Waals surface area contributed by atoms with Crippen LogP contribution in [0.25, 0.3) is 0 Å². The topological polar surface area (TPSA) is 0 Å². The van der Waals surface area contributed by atoms with Crippen molar-refractivity contribution in [3.05, 3.63) is 0 Å². The van der Waals surface area contributed by atoms with Crippen molar-refractivity contribution in [1.82, 2.24) is 0 Å². The molecule has 1 rings (SSSR count). The largest absolute Gasteiger partial charge is 0.156 e. The summed E-state index contributed by atoms with van der Waals surface area (Å²) in [5, 5.41) is 1.68. The van der Waals surface area contributed by atoms with Crippen molar-refractivity contribution in [3.8, 4) is 0 Å². The molecule has 0 heterocycles. The van der Waals surface area contributed by atoms with E-state index in [2.05, 4.69) is 39.5 Å². The molecular weight excluding hydrogens is 176 g/mol. The van der Waals surface area contributed by atoms with Gasteiger partial charge >= 0.3 is 0 Å². The fourth-order valence-electron chi connectivity index (χ4n) is 2.30. The molecule has 0 N–H and O–H groups in total. The molecule has 0 nitrogen and oxygen atoms in total. The molecule has 0 aromatic rings. The summed E-state index contributed by atoms with van der Waals surface area (Å²) < 4.78 is 0. The zero-order chi connectivity index (χ0) is 9.84. The van der Waals surface area contributed by atoms with Crippen LogP contribution < -0.4 is 0 Å². The lowest BCUT2D eigenvalue weighted by Gasteiger charge is -2.31. The Morgan fingerprint density at radius 1 is 1.00 bits per heavy atom. The van der Waals surface area contributed by atoms with E-state index in [1.165, 1.54) is 25.7 Å². The van der Waals surface area contributed by atoms with Crippen molar-refractivity contribution >= 4 is 11.8 Å². The highest BCUT2D eigenvalue weighted by atomic mass is 32.2. The van der Waals surface area contributed by atoms with Crippen molar-refractivity contribution in [1.29, 1.82) is 0 Å². The van der Waals surface area contributed by atoms with Crippen LogP contribution in [0.5, 0.6) is 0 Å². The van der Waals surface area contributed by atoms with Gasteiger partial charge in [-0.1, -0.05) is 40.5 Å². The third-order valence-corrected chi connectivity index (χ3v) is 4.57. The van der Waals surface area contributed by atoms with Gasteiger partial charge in [-0.3, -0.25) is 0 Å². The summed E-state index contributed by atoms with van der Waals surface area (Å²) in [6.45, 7) is 9.45. The van der Waals surface area contributed by atoms with Crippen LogP contribution in [0.4, 0.5) is 0 Å². The summed E-state index contributed by atoms with van der Waals surface area (Å²) in [5.41, 5.74) is 0. The number of thioether (sulfide) groups is 1. The number of hydrogen-bond acceptors (Lipinski definition) is 1. The average molecular weight is 200 g/mol. The Balaban J connectivity index is 2.27. The first-order valence-electron chi connectivity index (χ1n) is 5.75. The molecule has 0 spiro atoms. The Kier molecular flexibility index (Phi) is 4.64. The maximum Gasteiger partial charge on any atom is 0.00495 e. The second-order valence-corrected chi connectivity index (χ2v) is 6.87. The quantitative estimate of drug-likeness (QED) is 0.653. The Hall–Kier alpha value is 0.350. The molecule has 0 radical (unpaired) electrons. The molecule has 1 aliphatic carbocycles. The molecule has 1 fully saturated rings. The van der Waals surface area contributed by atoms with Crippen LogP contribution in [0.3, 0.4) is 0 Å². The van der Waals surface area contributed by atoms with Crippen LogP contribution in [-0.4, -0.2) is 10.5 Å². The highest BCUT2D eigenvalue weighted by Gasteiger charge is 2.23. The molecule has 0 bridgehead atoms. The lowest BCUT2D eigenvalue weighted by molar-refractivity contribution is 0.289. The standard InChI is InChI=1S/C12H24S/c1-9(2)13-11(4)12-7-5-10(3)6-8-12/h9-12H,5-8H2,1-4H3. The number of hydrogen-bond donors (Lipinski definition) is 0. The number of rotatable bonds is 3. The van der Waals surface area contributed by atoms with Crippen molar-refractivity contribution in [2.45, 2.75) is 63.9 Å². The second-order valence-electron chi connectivity index (χ2n) is 4.91. The van der Waals surface area contributed by atoms with Crippen LogP contribution in [0.2, 0.25) is 0 Å². The van der Waals surface area contributed by atoms with Crippen LogP contribution in [0.1, 0.15) is 53.4 Å². The minimum Gasteiger partial charge on any atom is -0.156 e. The van der Waals surface area contributed by atoms with Crippen LogP contribution in [-0.2, 0) is 0 Å². The van der Waals surface area contributed by atoms with Gasteiger partial charge in [0.15, 0.2) is 0 Å². The molecule has 78 valence electrons. The molecule has 1 saturated carbocycles. The highest BCUT2D eigenvalue weighted by molar-refractivity contribution is 8.00. The Morgan fingerprint density at radius 3 is 2.00 bits per heavy atom. The van der Waals surface area contributed by atoms with Gasteiger partial charge < -0.3 is 0 Å². The monoisotopic (exact) mass is 200 g/mol. The molecule has 0 aromatic heterocycles. The summed E-state index contributed by atoms with van der Waals surface area (Å²) in [5.74, 6) is 2.00. The molecule has 0 saturated heterocycles. The fourth-order valence-corrected chi connectivity index (χ4v) is 3.65. The summed E-state index contributed by atoms with van der Waals surface area (Å²) in [7, 11) is 0. The lowest BCUT2D eigenvalue weighted by Crippen LogP contribution is -2.21. The fraction of sp³-hybridized carbons (Fsp3) is 1.00. The van der Waals surface area contributed by atoms with E-state index in [0.29, 0.717) is 0 Å². The summed E-state index contributed by atoms with van der Waals surface area (Å²) in [6.07, 6.45) is 5.88. The Bertz CT molecular complexity index is 134. The van der Waals surface area contributed by atoms with Crippen molar-refractivity contribution in [2.24, 2.45) is 11.8 Å². The maximum atomic E-state index is 2.42. The van der Waals surface area contributed by atoms with Gasteiger partial charge in [-0.25, -0.2) is 0 Å². The van der Waals surface area contributed by atoms with Gasteiger partial charge in [0.1, 0.15) is 0 Å². The Labute approximate surface area is 87.9 Å². The summed E-state index contributed by atoms with van der Waals surface area (Å²) in [6, 6.07) is 0. The molecule has 1 unspecified atom stereocenters. The first-order chi connectivity index (χ1) is 6.09. The maximum absolute atomic E-state index is 2.42. The predicted molar refractivity (Wildman–Crippen MR) is 63.3 cm³/mol. The van der Waals surface area contributed by atoms with E-state index in [1.54, 1.807) is 0 Å². The van der Waals surface area contributed by atoms with E-state index in [-0.39, 0.29) is 0 Å². The van der Waals surface area contributed by atoms with E-state index in [1.807, 2.05) is 0 Å². The Morgan fingerprint density at radius 2 is 1.54 bits per heavy atom. The molecule has 0 amide bonds. The van der Waals surface area contributed by atoms with Gasteiger partial charge in [0.25, 0.3) is 0 Å². The first-order valence-corrected chi connectivity index (χ1v) is 6.69. The first kappa shape index (κ1) is 11.4. The van der Waals surface area contributed by atoms with Gasteiger partial charge in [0.2, 0.25) is 0 Å². The third-order valence-electron chi connectivity index (χ3n) is 3.21. The summed E-state index contributed by atoms with van der Waals surface area (Å²) >= 11 is 2.16. The molecule has 0 aromatic carbocycles. The third kappa shape index (κ3) is 3.93. The predicted octanol–water partition coefficient (Wildman–Crippen LogP) is 4.34. The van der Waals surface area contributed by atoms with Gasteiger partial charge in [0.05, 0.1) is 0 Å². The normalized spacial score (nSPS) is 32.1. The zero-order valence-electron chi connectivity index (χ0n) is 9.55. The van der Waals surface area contributed by atoms with Crippen molar-refractivity contribution in [2.75, 3.05) is 0 Å². The van der Waals surface area contributed by atoms with E-state index >= 15 is 0 Å². The second kappa shape index (κ2) is 5.29. The van der Waals surface area contributed by atoms with Crippen molar-refractivity contribution in [3.63, 3.8) is 0 Å². The molecule has 13 heavy (non-hydrogen) atoms. The molecule has 1 atom stereocenters. The minimum atomic E-state index is 0.800.